The van der Waals surface area contributed by atoms with Gasteiger partial charge in [0.1, 0.15) is 29.9 Å². The monoisotopic (exact) mass is 351 g/mol. The smallest absolute Gasteiger partial charge is 0.342 e. The number of benzene rings is 2. The SMILES string of the molecule is O=C(OCc1coc(-c2cccs2)n1)c1ccc2ccccc2c1O. The molecule has 0 bridgehead atoms. The van der Waals surface area contributed by atoms with Crippen molar-refractivity contribution in [2.24, 2.45) is 0 Å². The van der Waals surface area contributed by atoms with Crippen molar-refractivity contribution in [1.29, 1.82) is 0 Å². The van der Waals surface area contributed by atoms with Gasteiger partial charge in [0.15, 0.2) is 0 Å². The normalized spacial score (nSPS) is 10.9. The van der Waals surface area contributed by atoms with Gasteiger partial charge in [0.2, 0.25) is 5.89 Å². The Balaban J connectivity index is 1.50. The lowest BCUT2D eigenvalue weighted by Crippen LogP contribution is -2.06. The number of esters is 1. The van der Waals surface area contributed by atoms with Crippen molar-refractivity contribution in [3.63, 3.8) is 0 Å². The van der Waals surface area contributed by atoms with Gasteiger partial charge in [-0.15, -0.1) is 11.3 Å². The van der Waals surface area contributed by atoms with E-state index in [1.165, 1.54) is 17.6 Å². The molecule has 2 aromatic carbocycles. The van der Waals surface area contributed by atoms with Crippen LogP contribution in [-0.2, 0) is 11.3 Å². The van der Waals surface area contributed by atoms with Gasteiger partial charge in [-0.2, -0.15) is 0 Å². The highest BCUT2D eigenvalue weighted by Gasteiger charge is 2.16. The molecule has 5 nitrogen and oxygen atoms in total. The second kappa shape index (κ2) is 6.41. The van der Waals surface area contributed by atoms with Crippen molar-refractivity contribution in [3.05, 3.63) is 71.4 Å². The van der Waals surface area contributed by atoms with Gasteiger partial charge >= 0.3 is 5.97 Å². The summed E-state index contributed by atoms with van der Waals surface area (Å²) in [6.45, 7) is -0.0278. The summed E-state index contributed by atoms with van der Waals surface area (Å²) in [6, 6.07) is 14.4. The van der Waals surface area contributed by atoms with E-state index < -0.39 is 5.97 Å². The zero-order valence-corrected chi connectivity index (χ0v) is 13.8. The van der Waals surface area contributed by atoms with Crippen molar-refractivity contribution in [2.45, 2.75) is 6.61 Å². The second-order valence-corrected chi connectivity index (χ2v) is 6.33. The second-order valence-electron chi connectivity index (χ2n) is 5.38. The summed E-state index contributed by atoms with van der Waals surface area (Å²) in [4.78, 5) is 17.5. The van der Waals surface area contributed by atoms with Gasteiger partial charge in [-0.3, -0.25) is 0 Å². The van der Waals surface area contributed by atoms with Crippen molar-refractivity contribution in [1.82, 2.24) is 4.98 Å². The number of carbonyl (C=O) groups is 1. The number of fused-ring (bicyclic) bond motifs is 1. The Morgan fingerprint density at radius 3 is 2.88 bits per heavy atom. The topological polar surface area (TPSA) is 72.6 Å². The Labute approximate surface area is 147 Å². The Hall–Kier alpha value is -3.12. The van der Waals surface area contributed by atoms with Crippen molar-refractivity contribution >= 4 is 28.1 Å². The van der Waals surface area contributed by atoms with Crippen LogP contribution in [0.4, 0.5) is 0 Å². The molecule has 0 aliphatic carbocycles. The summed E-state index contributed by atoms with van der Waals surface area (Å²) >= 11 is 1.52. The van der Waals surface area contributed by atoms with Gasteiger partial charge in [-0.25, -0.2) is 9.78 Å². The minimum absolute atomic E-state index is 0.0278. The third kappa shape index (κ3) is 2.99. The quantitative estimate of drug-likeness (QED) is 0.543. The Bertz CT molecular complexity index is 1040. The third-order valence-corrected chi connectivity index (χ3v) is 4.61. The van der Waals surface area contributed by atoms with Crippen LogP contribution < -0.4 is 0 Å². The molecular weight excluding hydrogens is 338 g/mol. The number of rotatable bonds is 4. The molecule has 4 rings (SSSR count). The maximum absolute atomic E-state index is 12.3. The van der Waals surface area contributed by atoms with Gasteiger partial charge in [0, 0.05) is 5.39 Å². The maximum atomic E-state index is 12.3. The molecule has 2 aromatic heterocycles. The van der Waals surface area contributed by atoms with Crippen LogP contribution in [0.1, 0.15) is 16.1 Å². The summed E-state index contributed by atoms with van der Waals surface area (Å²) in [6.07, 6.45) is 1.46. The largest absolute Gasteiger partial charge is 0.506 e. The number of hydrogen-bond acceptors (Lipinski definition) is 6. The molecule has 0 atom stereocenters. The average Bonchev–Trinajstić information content (AvgIpc) is 3.31. The molecule has 1 N–H and O–H groups in total. The van der Waals surface area contributed by atoms with E-state index in [4.69, 9.17) is 9.15 Å². The minimum Gasteiger partial charge on any atom is -0.506 e. The number of phenols is 1. The van der Waals surface area contributed by atoms with Gasteiger partial charge in [-0.05, 0) is 22.9 Å². The summed E-state index contributed by atoms with van der Waals surface area (Å²) in [5.41, 5.74) is 0.637. The fourth-order valence-electron chi connectivity index (χ4n) is 2.52. The Kier molecular flexibility index (Phi) is 3.95. The third-order valence-electron chi connectivity index (χ3n) is 3.76. The summed E-state index contributed by atoms with van der Waals surface area (Å²) in [7, 11) is 0. The predicted molar refractivity (Wildman–Crippen MR) is 94.5 cm³/mol. The highest BCUT2D eigenvalue weighted by Crippen LogP contribution is 2.29. The number of phenolic OH excluding ortho intramolecular Hbond substituents is 1. The van der Waals surface area contributed by atoms with E-state index in [9.17, 15) is 9.90 Å². The van der Waals surface area contributed by atoms with E-state index in [-0.39, 0.29) is 17.9 Å². The zero-order valence-electron chi connectivity index (χ0n) is 13.0. The lowest BCUT2D eigenvalue weighted by Gasteiger charge is -2.07. The standard InChI is InChI=1S/C19H13NO4S/c21-17-14-5-2-1-4-12(14)7-8-15(17)19(22)24-11-13-10-23-18(20-13)16-6-3-9-25-16/h1-10,21H,11H2. The van der Waals surface area contributed by atoms with Crippen molar-refractivity contribution in [3.8, 4) is 16.5 Å². The molecule has 0 amide bonds. The molecule has 0 radical (unpaired) electrons. The molecule has 0 aliphatic heterocycles. The summed E-state index contributed by atoms with van der Waals surface area (Å²) < 4.78 is 10.6. The number of nitrogens with zero attached hydrogens (tertiary/aromatic N) is 1. The van der Waals surface area contributed by atoms with Crippen molar-refractivity contribution < 1.29 is 19.1 Å². The van der Waals surface area contributed by atoms with E-state index in [0.29, 0.717) is 17.0 Å². The lowest BCUT2D eigenvalue weighted by atomic mass is 10.1. The molecule has 0 saturated carbocycles. The molecule has 0 fully saturated rings. The first-order valence-electron chi connectivity index (χ1n) is 7.58. The van der Waals surface area contributed by atoms with Crippen LogP contribution in [0.2, 0.25) is 0 Å². The van der Waals surface area contributed by atoms with Crippen LogP contribution in [0.5, 0.6) is 5.75 Å². The van der Waals surface area contributed by atoms with Crippen LogP contribution in [-0.4, -0.2) is 16.1 Å². The fraction of sp³-hybridized carbons (Fsp3) is 0.0526. The number of aromatic nitrogens is 1. The Morgan fingerprint density at radius 1 is 1.16 bits per heavy atom. The van der Waals surface area contributed by atoms with E-state index in [1.54, 1.807) is 24.3 Å². The van der Waals surface area contributed by atoms with E-state index in [2.05, 4.69) is 4.98 Å². The maximum Gasteiger partial charge on any atom is 0.342 e. The van der Waals surface area contributed by atoms with E-state index >= 15 is 0 Å². The predicted octanol–water partition coefficient (Wildman–Crippen LogP) is 4.62. The molecule has 0 spiro atoms. The fourth-order valence-corrected chi connectivity index (χ4v) is 3.18. The van der Waals surface area contributed by atoms with Crippen molar-refractivity contribution in [2.75, 3.05) is 0 Å². The van der Waals surface area contributed by atoms with Gasteiger partial charge < -0.3 is 14.3 Å². The highest BCUT2D eigenvalue weighted by atomic mass is 32.1. The van der Waals surface area contributed by atoms with Crippen LogP contribution >= 0.6 is 11.3 Å². The summed E-state index contributed by atoms with van der Waals surface area (Å²) in [5, 5.41) is 13.7. The number of aromatic hydroxyl groups is 1. The minimum atomic E-state index is -0.607. The molecule has 0 aliphatic rings. The average molecular weight is 351 g/mol. The molecule has 6 heteroatoms. The zero-order chi connectivity index (χ0) is 17.2. The number of ether oxygens (including phenoxy) is 1. The lowest BCUT2D eigenvalue weighted by molar-refractivity contribution is 0.0465. The highest BCUT2D eigenvalue weighted by molar-refractivity contribution is 7.13. The van der Waals surface area contributed by atoms with Crippen LogP contribution in [0, 0.1) is 0 Å². The van der Waals surface area contributed by atoms with E-state index in [1.807, 2.05) is 29.6 Å². The first-order valence-corrected chi connectivity index (χ1v) is 8.46. The van der Waals surface area contributed by atoms with Gasteiger partial charge in [0.25, 0.3) is 0 Å². The number of oxazole rings is 1. The number of carbonyl (C=O) groups excluding carboxylic acids is 1. The van der Waals surface area contributed by atoms with Crippen LogP contribution in [0.25, 0.3) is 21.5 Å². The Morgan fingerprint density at radius 2 is 2.04 bits per heavy atom. The van der Waals surface area contributed by atoms with Gasteiger partial charge in [-0.1, -0.05) is 36.4 Å². The molecule has 25 heavy (non-hydrogen) atoms. The van der Waals surface area contributed by atoms with Crippen LogP contribution in [0.15, 0.2) is 64.6 Å². The molecule has 124 valence electrons. The summed E-state index contributed by atoms with van der Waals surface area (Å²) in [5.74, 6) is -0.193. The molecule has 0 unspecified atom stereocenters. The first kappa shape index (κ1) is 15.4. The molecular formula is C19H13NO4S. The number of hydrogen-bond donors (Lipinski definition) is 1. The molecule has 0 saturated heterocycles. The molecule has 2 heterocycles. The van der Waals surface area contributed by atoms with Crippen LogP contribution in [0.3, 0.4) is 0 Å². The molecule has 4 aromatic rings. The van der Waals surface area contributed by atoms with Gasteiger partial charge in [0.05, 0.1) is 4.88 Å². The van der Waals surface area contributed by atoms with E-state index in [0.717, 1.165) is 10.3 Å². The first-order chi connectivity index (χ1) is 12.2. The number of thiophene rings is 1.